The van der Waals surface area contributed by atoms with E-state index in [0.29, 0.717) is 11.3 Å². The van der Waals surface area contributed by atoms with Crippen LogP contribution < -0.4 is 9.64 Å². The number of aliphatic hydroxyl groups is 1. The van der Waals surface area contributed by atoms with E-state index in [1.807, 2.05) is 0 Å². The number of carbonyl (C=O) groups is 2. The Balaban J connectivity index is 1.87. The zero-order chi connectivity index (χ0) is 20.5. The molecule has 1 aliphatic rings. The molecular weight excluding hydrogens is 377 g/mol. The molecule has 2 heterocycles. The molecule has 1 N–H and O–H groups in total. The zero-order valence-electron chi connectivity index (χ0n) is 15.3. The number of nitrogens with zero attached hydrogens (tertiary/aromatic N) is 1. The second-order valence-corrected chi connectivity index (χ2v) is 6.40. The summed E-state index contributed by atoms with van der Waals surface area (Å²) in [5.74, 6) is -2.10. The number of rotatable bonds is 5. The van der Waals surface area contributed by atoms with E-state index in [2.05, 4.69) is 0 Å². The summed E-state index contributed by atoms with van der Waals surface area (Å²) in [6.45, 7) is 0. The first kappa shape index (κ1) is 18.5. The van der Waals surface area contributed by atoms with E-state index < -0.39 is 29.3 Å². The smallest absolute Gasteiger partial charge is 0.294 e. The van der Waals surface area contributed by atoms with Crippen molar-refractivity contribution in [3.05, 3.63) is 95.4 Å². The van der Waals surface area contributed by atoms with Gasteiger partial charge in [0.15, 0.2) is 11.5 Å². The lowest BCUT2D eigenvalue weighted by atomic mass is 9.94. The maximum absolute atomic E-state index is 13.8. The van der Waals surface area contributed by atoms with Crippen LogP contribution in [0.15, 0.2) is 82.7 Å². The van der Waals surface area contributed by atoms with Gasteiger partial charge < -0.3 is 14.3 Å². The zero-order valence-corrected chi connectivity index (χ0v) is 15.3. The van der Waals surface area contributed by atoms with Gasteiger partial charge in [0.25, 0.3) is 5.91 Å². The summed E-state index contributed by atoms with van der Waals surface area (Å²) in [5.41, 5.74) is 0.617. The molecule has 0 radical (unpaired) electrons. The molecule has 0 fully saturated rings. The molecule has 4 rings (SSSR count). The van der Waals surface area contributed by atoms with Crippen LogP contribution in [0, 0.1) is 5.82 Å². The number of hydrogen-bond acceptors (Lipinski definition) is 5. The number of ketones is 1. The molecule has 0 spiro atoms. The van der Waals surface area contributed by atoms with Crippen LogP contribution >= 0.6 is 0 Å². The highest BCUT2D eigenvalue weighted by Gasteiger charge is 2.45. The fourth-order valence-electron chi connectivity index (χ4n) is 3.37. The number of furan rings is 1. The van der Waals surface area contributed by atoms with Gasteiger partial charge in [-0.05, 0) is 48.0 Å². The van der Waals surface area contributed by atoms with Crippen molar-refractivity contribution in [3.8, 4) is 5.75 Å². The van der Waals surface area contributed by atoms with Gasteiger partial charge in [-0.15, -0.1) is 0 Å². The van der Waals surface area contributed by atoms with Crippen molar-refractivity contribution in [1.82, 2.24) is 0 Å². The minimum absolute atomic E-state index is 0.0149. The quantitative estimate of drug-likeness (QED) is 0.657. The molecule has 0 aliphatic carbocycles. The number of amides is 1. The minimum Gasteiger partial charge on any atom is -0.503 e. The van der Waals surface area contributed by atoms with Crippen molar-refractivity contribution in [2.45, 2.75) is 6.04 Å². The molecule has 1 amide bonds. The summed E-state index contributed by atoms with van der Waals surface area (Å²) >= 11 is 0. The maximum Gasteiger partial charge on any atom is 0.294 e. The molecule has 1 aromatic heterocycles. The predicted octanol–water partition coefficient (Wildman–Crippen LogP) is 4.21. The molecule has 7 heteroatoms. The van der Waals surface area contributed by atoms with Crippen LogP contribution in [-0.2, 0) is 4.79 Å². The molecule has 146 valence electrons. The fraction of sp³-hybridized carbons (Fsp3) is 0.0909. The lowest BCUT2D eigenvalue weighted by Crippen LogP contribution is -2.31. The number of carbonyl (C=O) groups excluding carboxylic acids is 2. The number of methoxy groups -OCH3 is 1. The van der Waals surface area contributed by atoms with Crippen molar-refractivity contribution < 1.29 is 28.2 Å². The highest BCUT2D eigenvalue weighted by molar-refractivity contribution is 6.20. The summed E-state index contributed by atoms with van der Waals surface area (Å²) in [6.07, 6.45) is 1.33. The van der Waals surface area contributed by atoms with Crippen molar-refractivity contribution in [2.75, 3.05) is 12.0 Å². The second-order valence-electron chi connectivity index (χ2n) is 6.40. The van der Waals surface area contributed by atoms with Crippen LogP contribution in [-0.4, -0.2) is 23.9 Å². The summed E-state index contributed by atoms with van der Waals surface area (Å²) in [5, 5.41) is 10.6. The van der Waals surface area contributed by atoms with Crippen molar-refractivity contribution >= 4 is 17.4 Å². The molecule has 1 unspecified atom stereocenters. The number of Topliss-reactive ketones (excluding diaryl/α,β-unsaturated/α-hetero) is 1. The Labute approximate surface area is 165 Å². The van der Waals surface area contributed by atoms with Gasteiger partial charge in [-0.3, -0.25) is 14.5 Å². The van der Waals surface area contributed by atoms with Crippen LogP contribution in [0.25, 0.3) is 0 Å². The molecule has 2 aromatic carbocycles. The maximum atomic E-state index is 13.8. The van der Waals surface area contributed by atoms with Crippen LogP contribution in [0.3, 0.4) is 0 Å². The monoisotopic (exact) mass is 393 g/mol. The van der Waals surface area contributed by atoms with Gasteiger partial charge in [-0.1, -0.05) is 18.2 Å². The number of halogens is 1. The van der Waals surface area contributed by atoms with E-state index in [1.54, 1.807) is 24.3 Å². The van der Waals surface area contributed by atoms with Crippen molar-refractivity contribution in [3.63, 3.8) is 0 Å². The second kappa shape index (κ2) is 7.27. The van der Waals surface area contributed by atoms with Crippen LogP contribution in [0.4, 0.5) is 10.1 Å². The van der Waals surface area contributed by atoms with Gasteiger partial charge >= 0.3 is 0 Å². The lowest BCUT2D eigenvalue weighted by Gasteiger charge is -2.27. The van der Waals surface area contributed by atoms with Crippen molar-refractivity contribution in [2.24, 2.45) is 0 Å². The van der Waals surface area contributed by atoms with Gasteiger partial charge in [0.05, 0.1) is 25.0 Å². The summed E-state index contributed by atoms with van der Waals surface area (Å²) in [4.78, 5) is 27.1. The third-order valence-electron chi connectivity index (χ3n) is 4.72. The SMILES string of the molecule is COc1ccc(C2C(C(=O)c3ccco3)=C(O)C(=O)N2c2cccc(F)c2)cc1. The van der Waals surface area contributed by atoms with Gasteiger partial charge in [0.2, 0.25) is 5.78 Å². The number of anilines is 1. The molecular formula is C22H16FNO5. The summed E-state index contributed by atoms with van der Waals surface area (Å²) in [6, 6.07) is 14.1. The van der Waals surface area contributed by atoms with Crippen molar-refractivity contribution in [1.29, 1.82) is 0 Å². The third-order valence-corrected chi connectivity index (χ3v) is 4.72. The lowest BCUT2D eigenvalue weighted by molar-refractivity contribution is -0.117. The van der Waals surface area contributed by atoms with E-state index in [9.17, 15) is 19.1 Å². The molecule has 29 heavy (non-hydrogen) atoms. The summed E-state index contributed by atoms with van der Waals surface area (Å²) < 4.78 is 24.2. The van der Waals surface area contributed by atoms with Crippen LogP contribution in [0.2, 0.25) is 0 Å². The molecule has 0 saturated carbocycles. The van der Waals surface area contributed by atoms with E-state index in [0.717, 1.165) is 0 Å². The van der Waals surface area contributed by atoms with Crippen LogP contribution in [0.1, 0.15) is 22.2 Å². The Bertz CT molecular complexity index is 1100. The third kappa shape index (κ3) is 3.16. The molecule has 1 aliphatic heterocycles. The van der Waals surface area contributed by atoms with E-state index in [1.165, 1.54) is 54.7 Å². The average molecular weight is 393 g/mol. The Kier molecular flexibility index (Phi) is 4.64. The number of aliphatic hydroxyl groups excluding tert-OH is 1. The Morgan fingerprint density at radius 3 is 2.52 bits per heavy atom. The standard InChI is InChI=1S/C22H16FNO5/c1-28-16-9-7-13(8-10-16)19-18(20(25)17-6-3-11-29-17)21(26)22(27)24(19)15-5-2-4-14(23)12-15/h2-12,19,26H,1H3. The largest absolute Gasteiger partial charge is 0.503 e. The minimum atomic E-state index is -0.965. The molecule has 3 aromatic rings. The number of hydrogen-bond donors (Lipinski definition) is 1. The van der Waals surface area contributed by atoms with Gasteiger partial charge in [-0.25, -0.2) is 4.39 Å². The van der Waals surface area contributed by atoms with Crippen LogP contribution in [0.5, 0.6) is 5.75 Å². The van der Waals surface area contributed by atoms with E-state index in [4.69, 9.17) is 9.15 Å². The predicted molar refractivity (Wildman–Crippen MR) is 102 cm³/mol. The molecule has 6 nitrogen and oxygen atoms in total. The topological polar surface area (TPSA) is 80.0 Å². The normalized spacial score (nSPS) is 16.4. The number of benzene rings is 2. The Hall–Kier alpha value is -3.87. The average Bonchev–Trinajstić information content (AvgIpc) is 3.35. The molecule has 1 atom stereocenters. The fourth-order valence-corrected chi connectivity index (χ4v) is 3.37. The first-order valence-electron chi connectivity index (χ1n) is 8.75. The summed E-state index contributed by atoms with van der Waals surface area (Å²) in [7, 11) is 1.52. The van der Waals surface area contributed by atoms with Gasteiger partial charge in [0.1, 0.15) is 11.6 Å². The first-order chi connectivity index (χ1) is 14.0. The van der Waals surface area contributed by atoms with Gasteiger partial charge in [-0.2, -0.15) is 0 Å². The first-order valence-corrected chi connectivity index (χ1v) is 8.75. The molecule has 0 saturated heterocycles. The van der Waals surface area contributed by atoms with E-state index in [-0.39, 0.29) is 17.0 Å². The number of ether oxygens (including phenoxy) is 1. The Morgan fingerprint density at radius 2 is 1.90 bits per heavy atom. The Morgan fingerprint density at radius 1 is 1.14 bits per heavy atom. The van der Waals surface area contributed by atoms with Gasteiger partial charge in [0, 0.05) is 5.69 Å². The molecule has 0 bridgehead atoms. The highest BCUT2D eigenvalue weighted by atomic mass is 19.1. The van der Waals surface area contributed by atoms with E-state index >= 15 is 0 Å². The highest BCUT2D eigenvalue weighted by Crippen LogP contribution is 2.42.